The first-order chi connectivity index (χ1) is 11.7. The highest BCUT2D eigenvalue weighted by atomic mass is 32.1. The molecule has 0 aliphatic rings. The van der Waals surface area contributed by atoms with E-state index in [1.807, 2.05) is 35.7 Å². The Morgan fingerprint density at radius 3 is 2.67 bits per heavy atom. The summed E-state index contributed by atoms with van der Waals surface area (Å²) in [5.41, 5.74) is 1.04. The second kappa shape index (κ2) is 7.94. The van der Waals surface area contributed by atoms with Crippen molar-refractivity contribution in [1.82, 2.24) is 10.6 Å². The van der Waals surface area contributed by atoms with Crippen LogP contribution < -0.4 is 10.6 Å². The van der Waals surface area contributed by atoms with E-state index in [4.69, 9.17) is 4.42 Å². The predicted octanol–water partition coefficient (Wildman–Crippen LogP) is 3.04. The van der Waals surface area contributed by atoms with Crippen LogP contribution in [0.1, 0.15) is 9.75 Å². The molecule has 0 aliphatic heterocycles. The van der Waals surface area contributed by atoms with Crippen LogP contribution in [0, 0.1) is 0 Å². The van der Waals surface area contributed by atoms with Crippen molar-refractivity contribution in [2.75, 3.05) is 6.54 Å². The summed E-state index contributed by atoms with van der Waals surface area (Å²) in [7, 11) is 0. The van der Waals surface area contributed by atoms with Crippen molar-refractivity contribution in [1.29, 1.82) is 0 Å². The Hall–Kier alpha value is -2.38. The predicted molar refractivity (Wildman–Crippen MR) is 94.9 cm³/mol. The molecular formula is C17H16N2O3S2. The van der Waals surface area contributed by atoms with Crippen LogP contribution in [0.2, 0.25) is 0 Å². The van der Waals surface area contributed by atoms with Crippen LogP contribution in [-0.2, 0) is 22.6 Å². The average molecular weight is 360 g/mol. The van der Waals surface area contributed by atoms with Crippen molar-refractivity contribution in [2.45, 2.75) is 13.0 Å². The summed E-state index contributed by atoms with van der Waals surface area (Å²) in [4.78, 5) is 26.8. The lowest BCUT2D eigenvalue weighted by Crippen LogP contribution is -2.40. The molecule has 5 nitrogen and oxygen atoms in total. The lowest BCUT2D eigenvalue weighted by molar-refractivity contribution is -0.139. The molecule has 0 bridgehead atoms. The van der Waals surface area contributed by atoms with Crippen molar-refractivity contribution in [2.24, 2.45) is 0 Å². The van der Waals surface area contributed by atoms with Crippen molar-refractivity contribution >= 4 is 34.5 Å². The molecular weight excluding hydrogens is 344 g/mol. The van der Waals surface area contributed by atoms with Gasteiger partial charge >= 0.3 is 11.8 Å². The molecule has 0 spiro atoms. The van der Waals surface area contributed by atoms with E-state index in [9.17, 15) is 9.59 Å². The fraction of sp³-hybridized carbons (Fsp3) is 0.176. The summed E-state index contributed by atoms with van der Waals surface area (Å²) < 4.78 is 5.07. The quantitative estimate of drug-likeness (QED) is 0.664. The van der Waals surface area contributed by atoms with Crippen molar-refractivity contribution in [3.63, 3.8) is 0 Å². The van der Waals surface area contributed by atoms with Gasteiger partial charge < -0.3 is 15.1 Å². The molecule has 0 saturated carbocycles. The molecule has 124 valence electrons. The molecule has 0 saturated heterocycles. The summed E-state index contributed by atoms with van der Waals surface area (Å²) in [6, 6.07) is 9.79. The Morgan fingerprint density at radius 1 is 1.04 bits per heavy atom. The monoisotopic (exact) mass is 360 g/mol. The smallest absolute Gasteiger partial charge is 0.309 e. The highest BCUT2D eigenvalue weighted by molar-refractivity contribution is 7.15. The lowest BCUT2D eigenvalue weighted by Gasteiger charge is -2.05. The van der Waals surface area contributed by atoms with E-state index in [2.05, 4.69) is 10.6 Å². The van der Waals surface area contributed by atoms with Crippen LogP contribution in [-0.4, -0.2) is 18.4 Å². The van der Waals surface area contributed by atoms with Crippen LogP contribution in [0.3, 0.4) is 0 Å². The van der Waals surface area contributed by atoms with Gasteiger partial charge in [-0.25, -0.2) is 0 Å². The minimum absolute atomic E-state index is 0.378. The Bertz CT molecular complexity index is 792. The minimum atomic E-state index is -0.603. The Balaban J connectivity index is 1.41. The van der Waals surface area contributed by atoms with Gasteiger partial charge in [-0.1, -0.05) is 6.07 Å². The molecule has 0 radical (unpaired) electrons. The molecule has 3 aromatic rings. The standard InChI is InChI=1S/C17H16N2O3S2/c20-16(17(21)19-10-14-2-1-9-23-14)18-7-5-13-3-4-15(24-13)12-6-8-22-11-12/h1-4,6,8-9,11H,5,7,10H2,(H,18,20)(H,19,21). The summed E-state index contributed by atoms with van der Waals surface area (Å²) >= 11 is 3.19. The van der Waals surface area contributed by atoms with Gasteiger partial charge in [-0.2, -0.15) is 0 Å². The molecule has 3 aromatic heterocycles. The Morgan fingerprint density at radius 2 is 1.92 bits per heavy atom. The fourth-order valence-electron chi connectivity index (χ4n) is 2.11. The van der Waals surface area contributed by atoms with Crippen LogP contribution in [0.25, 0.3) is 10.4 Å². The van der Waals surface area contributed by atoms with Crippen LogP contribution >= 0.6 is 22.7 Å². The van der Waals surface area contributed by atoms with E-state index >= 15 is 0 Å². The Kier molecular flexibility index (Phi) is 5.45. The molecule has 0 unspecified atom stereocenters. The molecule has 3 rings (SSSR count). The van der Waals surface area contributed by atoms with Crippen LogP contribution in [0.15, 0.2) is 52.7 Å². The number of furan rings is 1. The van der Waals surface area contributed by atoms with E-state index in [-0.39, 0.29) is 0 Å². The first-order valence-corrected chi connectivity index (χ1v) is 9.11. The van der Waals surface area contributed by atoms with Crippen LogP contribution in [0.4, 0.5) is 0 Å². The van der Waals surface area contributed by atoms with E-state index in [0.717, 1.165) is 20.2 Å². The summed E-state index contributed by atoms with van der Waals surface area (Å²) in [6.45, 7) is 0.805. The van der Waals surface area contributed by atoms with Gasteiger partial charge in [-0.3, -0.25) is 9.59 Å². The maximum atomic E-state index is 11.8. The molecule has 0 fully saturated rings. The highest BCUT2D eigenvalue weighted by Gasteiger charge is 2.12. The topological polar surface area (TPSA) is 71.3 Å². The van der Waals surface area contributed by atoms with Gasteiger partial charge in [-0.15, -0.1) is 22.7 Å². The summed E-state index contributed by atoms with van der Waals surface area (Å²) in [5, 5.41) is 7.18. The minimum Gasteiger partial charge on any atom is -0.472 e. The molecule has 7 heteroatoms. The number of nitrogens with one attached hydrogen (secondary N) is 2. The number of thiophene rings is 2. The zero-order valence-electron chi connectivity index (χ0n) is 12.8. The highest BCUT2D eigenvalue weighted by Crippen LogP contribution is 2.28. The van der Waals surface area contributed by atoms with Crippen molar-refractivity contribution < 1.29 is 14.0 Å². The molecule has 0 aromatic carbocycles. The number of rotatable bonds is 6. The lowest BCUT2D eigenvalue weighted by atomic mass is 10.3. The molecule has 2 N–H and O–H groups in total. The van der Waals surface area contributed by atoms with Crippen LogP contribution in [0.5, 0.6) is 0 Å². The summed E-state index contributed by atoms with van der Waals surface area (Å²) in [5.74, 6) is -1.20. The third-order valence-electron chi connectivity index (χ3n) is 3.33. The van der Waals surface area contributed by atoms with Gasteiger partial charge in [0, 0.05) is 26.7 Å². The fourth-order valence-corrected chi connectivity index (χ4v) is 3.75. The third-order valence-corrected chi connectivity index (χ3v) is 5.40. The number of amides is 2. The Labute approximate surface area is 147 Å². The van der Waals surface area contributed by atoms with E-state index < -0.39 is 11.8 Å². The number of carbonyl (C=O) groups excluding carboxylic acids is 2. The molecule has 2 amide bonds. The molecule has 24 heavy (non-hydrogen) atoms. The number of carbonyl (C=O) groups is 2. The van der Waals surface area contributed by atoms with Crippen molar-refractivity contribution in [3.05, 3.63) is 58.0 Å². The van der Waals surface area contributed by atoms with Crippen molar-refractivity contribution in [3.8, 4) is 10.4 Å². The molecule has 0 atom stereocenters. The summed E-state index contributed by atoms with van der Waals surface area (Å²) in [6.07, 6.45) is 4.03. The zero-order valence-corrected chi connectivity index (χ0v) is 14.4. The largest absolute Gasteiger partial charge is 0.472 e. The van der Waals surface area contributed by atoms with Gasteiger partial charge in [0.2, 0.25) is 0 Å². The normalized spacial score (nSPS) is 10.5. The van der Waals surface area contributed by atoms with E-state index in [0.29, 0.717) is 19.5 Å². The van der Waals surface area contributed by atoms with Gasteiger partial charge in [0.25, 0.3) is 0 Å². The van der Waals surface area contributed by atoms with E-state index in [1.54, 1.807) is 35.2 Å². The number of hydrogen-bond acceptors (Lipinski definition) is 5. The molecule has 0 aliphatic carbocycles. The van der Waals surface area contributed by atoms with Gasteiger partial charge in [0.15, 0.2) is 0 Å². The maximum Gasteiger partial charge on any atom is 0.309 e. The third kappa shape index (κ3) is 4.33. The average Bonchev–Trinajstić information content (AvgIpc) is 3.33. The second-order valence-corrected chi connectivity index (χ2v) is 7.25. The van der Waals surface area contributed by atoms with Gasteiger partial charge in [0.05, 0.1) is 19.1 Å². The molecule has 3 heterocycles. The SMILES string of the molecule is O=C(NCCc1ccc(-c2ccoc2)s1)C(=O)NCc1cccs1. The van der Waals surface area contributed by atoms with E-state index in [1.165, 1.54) is 0 Å². The first kappa shape index (κ1) is 16.5. The first-order valence-electron chi connectivity index (χ1n) is 7.42. The second-order valence-electron chi connectivity index (χ2n) is 5.05. The zero-order chi connectivity index (χ0) is 16.8. The van der Waals surface area contributed by atoms with Gasteiger partial charge in [0.1, 0.15) is 0 Å². The van der Waals surface area contributed by atoms with Gasteiger partial charge in [-0.05, 0) is 36.1 Å². The maximum absolute atomic E-state index is 11.8. The number of hydrogen-bond donors (Lipinski definition) is 2.